The number of hydrogen-bond donors (Lipinski definition) is 3. The summed E-state index contributed by atoms with van der Waals surface area (Å²) in [6.45, 7) is 0.0949. The van der Waals surface area contributed by atoms with Crippen molar-refractivity contribution in [1.29, 1.82) is 0 Å². The molecule has 0 saturated carbocycles. The molecule has 1 atom stereocenters. The lowest BCUT2D eigenvalue weighted by Gasteiger charge is -2.21. The third-order valence-corrected chi connectivity index (χ3v) is 5.63. The molecule has 2 saturated heterocycles. The third kappa shape index (κ3) is 2.14. The zero-order chi connectivity index (χ0) is 15.3. The van der Waals surface area contributed by atoms with Crippen LogP contribution in [0.4, 0.5) is 10.5 Å². The predicted molar refractivity (Wildman–Crippen MR) is 73.6 cm³/mol. The van der Waals surface area contributed by atoms with E-state index in [-0.39, 0.29) is 24.4 Å². The first-order valence-corrected chi connectivity index (χ1v) is 7.77. The maximum atomic E-state index is 12.5. The van der Waals surface area contributed by atoms with Crippen LogP contribution in [0.5, 0.6) is 0 Å². The highest BCUT2D eigenvalue weighted by Crippen LogP contribution is 2.29. The summed E-state index contributed by atoms with van der Waals surface area (Å²) in [6, 6.07) is 5.25. The van der Waals surface area contributed by atoms with Gasteiger partial charge in [0.05, 0.1) is 4.90 Å². The van der Waals surface area contributed by atoms with Crippen LogP contribution in [0.15, 0.2) is 29.2 Å². The number of nitrogens with two attached hydrogens (primary N) is 1. The number of nitrogens with one attached hydrogen (secondary N) is 2. The lowest BCUT2D eigenvalue weighted by Crippen LogP contribution is -2.49. The molecule has 21 heavy (non-hydrogen) atoms. The third-order valence-electron chi connectivity index (χ3n) is 3.77. The van der Waals surface area contributed by atoms with E-state index in [0.717, 1.165) is 0 Å². The number of amides is 3. The maximum absolute atomic E-state index is 12.5. The van der Waals surface area contributed by atoms with Crippen molar-refractivity contribution in [3.63, 3.8) is 0 Å². The van der Waals surface area contributed by atoms with E-state index in [4.69, 9.17) is 5.73 Å². The van der Waals surface area contributed by atoms with Gasteiger partial charge in [-0.25, -0.2) is 13.2 Å². The highest BCUT2D eigenvalue weighted by Gasteiger charge is 2.53. The van der Waals surface area contributed by atoms with E-state index < -0.39 is 27.5 Å². The number of rotatable bonds is 2. The number of hydrogen-bond acceptors (Lipinski definition) is 5. The monoisotopic (exact) mass is 310 g/mol. The zero-order valence-electron chi connectivity index (χ0n) is 11.0. The summed E-state index contributed by atoms with van der Waals surface area (Å²) in [5.74, 6) is -0.484. The number of carbonyl (C=O) groups is 2. The average molecular weight is 310 g/mol. The molecule has 4 N–H and O–H groups in total. The minimum absolute atomic E-state index is 0.0721. The molecule has 0 radical (unpaired) electrons. The topological polar surface area (TPSA) is 122 Å². The van der Waals surface area contributed by atoms with E-state index in [9.17, 15) is 18.0 Å². The minimum Gasteiger partial charge on any atom is -0.399 e. The van der Waals surface area contributed by atoms with E-state index in [1.807, 2.05) is 0 Å². The molecule has 3 rings (SSSR count). The van der Waals surface area contributed by atoms with Gasteiger partial charge >= 0.3 is 6.03 Å². The number of carbonyl (C=O) groups excluding carboxylic acids is 2. The Morgan fingerprint density at radius 3 is 2.43 bits per heavy atom. The number of benzene rings is 1. The number of nitrogens with zero attached hydrogens (tertiary/aromatic N) is 1. The molecule has 1 unspecified atom stereocenters. The van der Waals surface area contributed by atoms with Gasteiger partial charge in [-0.1, -0.05) is 0 Å². The molecule has 1 spiro atoms. The van der Waals surface area contributed by atoms with Gasteiger partial charge in [0.2, 0.25) is 10.0 Å². The predicted octanol–water partition coefficient (Wildman–Crippen LogP) is -0.759. The first-order valence-electron chi connectivity index (χ1n) is 6.33. The van der Waals surface area contributed by atoms with Crippen LogP contribution in [0.2, 0.25) is 0 Å². The molecule has 1 aromatic rings. The average Bonchev–Trinajstić information content (AvgIpc) is 2.96. The summed E-state index contributed by atoms with van der Waals surface area (Å²) in [7, 11) is -3.71. The smallest absolute Gasteiger partial charge is 0.322 e. The van der Waals surface area contributed by atoms with Crippen LogP contribution in [-0.2, 0) is 14.8 Å². The molecule has 0 bridgehead atoms. The molecule has 9 heteroatoms. The normalized spacial score (nSPS) is 26.1. The SMILES string of the molecule is Nc1ccc(S(=O)(=O)N2CCC3(C2)NC(=O)NC3=O)cc1. The number of imide groups is 1. The molecule has 2 heterocycles. The minimum atomic E-state index is -3.71. The molecule has 0 aliphatic carbocycles. The molecule has 0 aromatic heterocycles. The fourth-order valence-corrected chi connectivity index (χ4v) is 4.08. The van der Waals surface area contributed by atoms with Gasteiger partial charge in [0, 0.05) is 18.8 Å². The molecule has 1 aromatic carbocycles. The van der Waals surface area contributed by atoms with Crippen molar-refractivity contribution in [1.82, 2.24) is 14.9 Å². The van der Waals surface area contributed by atoms with Crippen LogP contribution in [0.1, 0.15) is 6.42 Å². The Morgan fingerprint density at radius 2 is 1.86 bits per heavy atom. The van der Waals surface area contributed by atoms with Crippen molar-refractivity contribution in [3.8, 4) is 0 Å². The number of urea groups is 1. The van der Waals surface area contributed by atoms with E-state index in [1.165, 1.54) is 28.6 Å². The van der Waals surface area contributed by atoms with Crippen molar-refractivity contribution in [3.05, 3.63) is 24.3 Å². The fourth-order valence-electron chi connectivity index (χ4n) is 2.58. The van der Waals surface area contributed by atoms with Crippen molar-refractivity contribution >= 4 is 27.6 Å². The summed E-state index contributed by atoms with van der Waals surface area (Å²) >= 11 is 0. The highest BCUT2D eigenvalue weighted by molar-refractivity contribution is 7.89. The standard InChI is InChI=1S/C12H14N4O4S/c13-8-1-3-9(4-2-8)21(19,20)16-6-5-12(7-16)10(17)14-11(18)15-12/h1-4H,5-7,13H2,(H2,14,15,17,18). The van der Waals surface area contributed by atoms with E-state index >= 15 is 0 Å². The van der Waals surface area contributed by atoms with Crippen LogP contribution in [0.3, 0.4) is 0 Å². The van der Waals surface area contributed by atoms with Gasteiger partial charge in [0.15, 0.2) is 0 Å². The van der Waals surface area contributed by atoms with E-state index in [2.05, 4.69) is 10.6 Å². The van der Waals surface area contributed by atoms with Crippen LogP contribution in [0.25, 0.3) is 0 Å². The molecule has 8 nitrogen and oxygen atoms in total. The van der Waals surface area contributed by atoms with Crippen LogP contribution in [0, 0.1) is 0 Å². The fraction of sp³-hybridized carbons (Fsp3) is 0.333. The van der Waals surface area contributed by atoms with Crippen molar-refractivity contribution in [2.45, 2.75) is 16.9 Å². The summed E-state index contributed by atoms with van der Waals surface area (Å²) < 4.78 is 26.2. The Labute approximate surface area is 121 Å². The zero-order valence-corrected chi connectivity index (χ0v) is 11.8. The Kier molecular flexibility index (Phi) is 2.92. The molecule has 2 fully saturated rings. The van der Waals surface area contributed by atoms with Crippen LogP contribution < -0.4 is 16.4 Å². The van der Waals surface area contributed by atoms with Gasteiger partial charge < -0.3 is 11.1 Å². The van der Waals surface area contributed by atoms with Gasteiger partial charge in [-0.2, -0.15) is 4.31 Å². The van der Waals surface area contributed by atoms with Gasteiger partial charge in [-0.3, -0.25) is 10.1 Å². The van der Waals surface area contributed by atoms with Crippen LogP contribution in [-0.4, -0.2) is 43.3 Å². The van der Waals surface area contributed by atoms with Crippen LogP contribution >= 0.6 is 0 Å². The molecular weight excluding hydrogens is 296 g/mol. The number of sulfonamides is 1. The van der Waals surface area contributed by atoms with Gasteiger partial charge in [-0.05, 0) is 30.7 Å². The second-order valence-corrected chi connectivity index (χ2v) is 7.09. The molecular formula is C12H14N4O4S. The molecule has 3 amide bonds. The largest absolute Gasteiger partial charge is 0.399 e. The summed E-state index contributed by atoms with van der Waals surface area (Å²) in [5.41, 5.74) is 4.85. The quantitative estimate of drug-likeness (QED) is 0.490. The van der Waals surface area contributed by atoms with Crippen molar-refractivity contribution in [2.75, 3.05) is 18.8 Å². The lowest BCUT2D eigenvalue weighted by atomic mass is 10.00. The summed E-state index contributed by atoms with van der Waals surface area (Å²) in [6.07, 6.45) is 0.249. The number of nitrogen functional groups attached to an aromatic ring is 1. The van der Waals surface area contributed by atoms with Gasteiger partial charge in [0.1, 0.15) is 5.54 Å². The summed E-state index contributed by atoms with van der Waals surface area (Å²) in [5, 5.41) is 4.66. The van der Waals surface area contributed by atoms with Gasteiger partial charge in [-0.15, -0.1) is 0 Å². The molecule has 112 valence electrons. The highest BCUT2D eigenvalue weighted by atomic mass is 32.2. The number of anilines is 1. The Bertz CT molecular complexity index is 715. The molecule has 2 aliphatic rings. The molecule has 2 aliphatic heterocycles. The first kappa shape index (κ1) is 13.8. The first-order chi connectivity index (χ1) is 9.83. The second-order valence-electron chi connectivity index (χ2n) is 5.15. The maximum Gasteiger partial charge on any atom is 0.322 e. The second kappa shape index (κ2) is 4.43. The Hall–Kier alpha value is -2.13. The Balaban J connectivity index is 1.87. The summed E-state index contributed by atoms with van der Waals surface area (Å²) in [4.78, 5) is 23.2. The Morgan fingerprint density at radius 1 is 1.19 bits per heavy atom. The van der Waals surface area contributed by atoms with E-state index in [0.29, 0.717) is 5.69 Å². The van der Waals surface area contributed by atoms with Crippen molar-refractivity contribution in [2.24, 2.45) is 0 Å². The van der Waals surface area contributed by atoms with E-state index in [1.54, 1.807) is 0 Å². The lowest BCUT2D eigenvalue weighted by molar-refractivity contribution is -0.123. The van der Waals surface area contributed by atoms with Crippen molar-refractivity contribution < 1.29 is 18.0 Å². The van der Waals surface area contributed by atoms with Gasteiger partial charge in [0.25, 0.3) is 5.91 Å².